The van der Waals surface area contributed by atoms with Crippen molar-refractivity contribution in [3.05, 3.63) is 54.9 Å². The molecule has 0 unspecified atom stereocenters. The summed E-state index contributed by atoms with van der Waals surface area (Å²) < 4.78 is 0. The van der Waals surface area contributed by atoms with Gasteiger partial charge in [-0.15, -0.1) is 13.2 Å². The van der Waals surface area contributed by atoms with Gasteiger partial charge in [0.25, 0.3) is 0 Å². The zero-order valence-corrected chi connectivity index (χ0v) is 14.6. The Morgan fingerprint density at radius 3 is 2.50 bits per heavy atom. The second-order valence-electron chi connectivity index (χ2n) is 5.60. The SMILES string of the molecule is C=CCN(CC=C)C(=O)[C@@H](CCC(N)=O)NCc1cc(C(=O)O)ccn1. The van der Waals surface area contributed by atoms with Gasteiger partial charge in [-0.3, -0.25) is 14.6 Å². The largest absolute Gasteiger partial charge is 0.478 e. The van der Waals surface area contributed by atoms with Crippen molar-refractivity contribution in [3.8, 4) is 0 Å². The van der Waals surface area contributed by atoms with Gasteiger partial charge in [0.15, 0.2) is 0 Å². The molecule has 1 heterocycles. The van der Waals surface area contributed by atoms with E-state index in [0.29, 0.717) is 18.8 Å². The number of aromatic nitrogens is 1. The molecular weight excluding hydrogens is 336 g/mol. The predicted molar refractivity (Wildman–Crippen MR) is 97.2 cm³/mol. The number of nitrogens with zero attached hydrogens (tertiary/aromatic N) is 2. The van der Waals surface area contributed by atoms with Gasteiger partial charge in [0.2, 0.25) is 11.8 Å². The number of aromatic carboxylic acids is 1. The zero-order valence-electron chi connectivity index (χ0n) is 14.6. The fourth-order valence-electron chi connectivity index (χ4n) is 2.32. The van der Waals surface area contributed by atoms with Crippen molar-refractivity contribution in [2.75, 3.05) is 13.1 Å². The summed E-state index contributed by atoms with van der Waals surface area (Å²) in [4.78, 5) is 40.5. The van der Waals surface area contributed by atoms with Crippen LogP contribution < -0.4 is 11.1 Å². The number of primary amides is 1. The molecule has 0 aliphatic rings. The van der Waals surface area contributed by atoms with E-state index < -0.39 is 17.9 Å². The maximum absolute atomic E-state index is 12.7. The van der Waals surface area contributed by atoms with E-state index in [9.17, 15) is 14.4 Å². The van der Waals surface area contributed by atoms with E-state index in [-0.39, 0.29) is 30.9 Å². The first-order valence-corrected chi connectivity index (χ1v) is 8.09. The second kappa shape index (κ2) is 10.8. The minimum absolute atomic E-state index is 0.0437. The van der Waals surface area contributed by atoms with Crippen LogP contribution in [0.4, 0.5) is 0 Å². The molecule has 0 aliphatic heterocycles. The van der Waals surface area contributed by atoms with Crippen LogP contribution >= 0.6 is 0 Å². The number of rotatable bonds is 12. The normalized spacial score (nSPS) is 11.4. The van der Waals surface area contributed by atoms with E-state index in [1.165, 1.54) is 18.3 Å². The molecule has 0 saturated carbocycles. The zero-order chi connectivity index (χ0) is 19.5. The Hall–Kier alpha value is -3.00. The van der Waals surface area contributed by atoms with Gasteiger partial charge in [0.05, 0.1) is 17.3 Å². The van der Waals surface area contributed by atoms with Crippen molar-refractivity contribution in [1.82, 2.24) is 15.2 Å². The molecule has 1 aromatic heterocycles. The molecule has 0 aromatic carbocycles. The highest BCUT2D eigenvalue weighted by atomic mass is 16.4. The van der Waals surface area contributed by atoms with Crippen LogP contribution in [0.25, 0.3) is 0 Å². The number of nitrogens with two attached hydrogens (primary N) is 1. The van der Waals surface area contributed by atoms with Gasteiger partial charge in [-0.2, -0.15) is 0 Å². The molecule has 26 heavy (non-hydrogen) atoms. The molecule has 1 rings (SSSR count). The number of nitrogens with one attached hydrogen (secondary N) is 1. The number of pyridine rings is 1. The monoisotopic (exact) mass is 360 g/mol. The highest BCUT2D eigenvalue weighted by Crippen LogP contribution is 2.07. The molecule has 1 aromatic rings. The van der Waals surface area contributed by atoms with Crippen molar-refractivity contribution in [2.24, 2.45) is 5.73 Å². The molecule has 2 amide bonds. The highest BCUT2D eigenvalue weighted by molar-refractivity contribution is 5.87. The summed E-state index contributed by atoms with van der Waals surface area (Å²) in [6, 6.07) is 2.14. The van der Waals surface area contributed by atoms with E-state index in [0.717, 1.165) is 0 Å². The van der Waals surface area contributed by atoms with Crippen LogP contribution in [0, 0.1) is 0 Å². The number of carbonyl (C=O) groups is 3. The van der Waals surface area contributed by atoms with E-state index in [2.05, 4.69) is 23.5 Å². The summed E-state index contributed by atoms with van der Waals surface area (Å²) in [7, 11) is 0. The minimum Gasteiger partial charge on any atom is -0.478 e. The smallest absolute Gasteiger partial charge is 0.335 e. The first kappa shape index (κ1) is 21.0. The van der Waals surface area contributed by atoms with E-state index >= 15 is 0 Å². The molecular formula is C18H24N4O4. The van der Waals surface area contributed by atoms with Crippen LogP contribution in [-0.2, 0) is 16.1 Å². The lowest BCUT2D eigenvalue weighted by atomic mass is 10.1. The molecule has 4 N–H and O–H groups in total. The van der Waals surface area contributed by atoms with Crippen molar-refractivity contribution < 1.29 is 19.5 Å². The molecule has 0 bridgehead atoms. The number of amides is 2. The van der Waals surface area contributed by atoms with Gasteiger partial charge in [-0.05, 0) is 18.6 Å². The summed E-state index contributed by atoms with van der Waals surface area (Å²) >= 11 is 0. The Morgan fingerprint density at radius 2 is 1.96 bits per heavy atom. The third-order valence-electron chi connectivity index (χ3n) is 3.58. The van der Waals surface area contributed by atoms with E-state index in [1.807, 2.05) is 0 Å². The Morgan fingerprint density at radius 1 is 1.31 bits per heavy atom. The van der Waals surface area contributed by atoms with Crippen LogP contribution in [0.5, 0.6) is 0 Å². The summed E-state index contributed by atoms with van der Waals surface area (Å²) in [5.74, 6) is -1.78. The summed E-state index contributed by atoms with van der Waals surface area (Å²) in [6.45, 7) is 8.11. The van der Waals surface area contributed by atoms with Crippen molar-refractivity contribution >= 4 is 17.8 Å². The summed E-state index contributed by atoms with van der Waals surface area (Å²) in [6.07, 6.45) is 4.86. The molecule has 8 heteroatoms. The lowest BCUT2D eigenvalue weighted by Gasteiger charge is -2.26. The van der Waals surface area contributed by atoms with Crippen molar-refractivity contribution in [3.63, 3.8) is 0 Å². The van der Waals surface area contributed by atoms with Crippen LogP contribution in [0.15, 0.2) is 43.6 Å². The van der Waals surface area contributed by atoms with Gasteiger partial charge in [-0.25, -0.2) is 4.79 Å². The van der Waals surface area contributed by atoms with Crippen LogP contribution in [0.1, 0.15) is 28.9 Å². The molecule has 0 fully saturated rings. The number of carboxylic acid groups (broad SMARTS) is 1. The van der Waals surface area contributed by atoms with Gasteiger partial charge in [-0.1, -0.05) is 12.2 Å². The number of hydrogen-bond acceptors (Lipinski definition) is 5. The van der Waals surface area contributed by atoms with Gasteiger partial charge in [0, 0.05) is 32.3 Å². The highest BCUT2D eigenvalue weighted by Gasteiger charge is 2.23. The molecule has 140 valence electrons. The van der Waals surface area contributed by atoms with Gasteiger partial charge >= 0.3 is 5.97 Å². The molecule has 0 radical (unpaired) electrons. The van der Waals surface area contributed by atoms with E-state index in [4.69, 9.17) is 10.8 Å². The molecule has 0 saturated heterocycles. The Balaban J connectivity index is 2.88. The summed E-state index contributed by atoms with van der Waals surface area (Å²) in [5, 5.41) is 12.1. The predicted octanol–water partition coefficient (Wildman–Crippen LogP) is 0.704. The maximum Gasteiger partial charge on any atom is 0.335 e. The quantitative estimate of drug-likeness (QED) is 0.471. The first-order valence-electron chi connectivity index (χ1n) is 8.09. The third kappa shape index (κ3) is 6.86. The summed E-state index contributed by atoms with van der Waals surface area (Å²) in [5.41, 5.74) is 5.77. The molecule has 8 nitrogen and oxygen atoms in total. The topological polar surface area (TPSA) is 126 Å². The fourth-order valence-corrected chi connectivity index (χ4v) is 2.32. The molecule has 0 spiro atoms. The average Bonchev–Trinajstić information content (AvgIpc) is 2.61. The Kier molecular flexibility index (Phi) is 8.72. The minimum atomic E-state index is -1.06. The van der Waals surface area contributed by atoms with Crippen LogP contribution in [-0.4, -0.2) is 51.9 Å². The average molecular weight is 360 g/mol. The standard InChI is InChI=1S/C18H24N4O4/c1-3-9-22(10-4-2)17(24)15(5-6-16(19)23)21-12-14-11-13(18(25)26)7-8-20-14/h3-4,7-8,11,15,21H,1-2,5-6,9-10,12H2,(H2,19,23)(H,25,26)/t15-/m1/s1. The molecule has 0 aliphatic carbocycles. The number of carboxylic acids is 1. The molecule has 1 atom stereocenters. The number of hydrogen-bond donors (Lipinski definition) is 3. The number of carbonyl (C=O) groups excluding carboxylic acids is 2. The second-order valence-corrected chi connectivity index (χ2v) is 5.60. The van der Waals surface area contributed by atoms with Crippen LogP contribution in [0.3, 0.4) is 0 Å². The van der Waals surface area contributed by atoms with E-state index in [1.54, 1.807) is 17.1 Å². The van der Waals surface area contributed by atoms with Gasteiger partial charge in [0.1, 0.15) is 0 Å². The lowest BCUT2D eigenvalue weighted by molar-refractivity contribution is -0.132. The van der Waals surface area contributed by atoms with Crippen LogP contribution in [0.2, 0.25) is 0 Å². The van der Waals surface area contributed by atoms with Crippen molar-refractivity contribution in [2.45, 2.75) is 25.4 Å². The Labute approximate surface area is 152 Å². The Bertz CT molecular complexity index is 665. The third-order valence-corrected chi connectivity index (χ3v) is 3.58. The maximum atomic E-state index is 12.7. The first-order chi connectivity index (χ1) is 12.4. The van der Waals surface area contributed by atoms with Crippen molar-refractivity contribution in [1.29, 1.82) is 0 Å². The van der Waals surface area contributed by atoms with Gasteiger partial charge < -0.3 is 21.1 Å². The lowest BCUT2D eigenvalue weighted by Crippen LogP contribution is -2.47. The fraction of sp³-hybridized carbons (Fsp3) is 0.333.